The zero-order chi connectivity index (χ0) is 24.4. The van der Waals surface area contributed by atoms with E-state index in [4.69, 9.17) is 4.42 Å². The minimum Gasteiger partial charge on any atom is -0.504 e. The number of aromatic nitrogens is 2. The number of nitrogens with zero attached hydrogens (tertiary/aromatic N) is 3. The fourth-order valence-corrected chi connectivity index (χ4v) is 6.39. The van der Waals surface area contributed by atoms with Crippen LogP contribution in [0.3, 0.4) is 0 Å². The molecule has 0 saturated heterocycles. The van der Waals surface area contributed by atoms with Crippen LogP contribution in [0.1, 0.15) is 64.0 Å². The number of sulfonamides is 1. The van der Waals surface area contributed by atoms with Gasteiger partial charge in [-0.3, -0.25) is 0 Å². The van der Waals surface area contributed by atoms with Crippen LogP contribution in [0.15, 0.2) is 26.3 Å². The fourth-order valence-electron chi connectivity index (χ4n) is 2.92. The number of hydrogen-bond donors (Lipinski definition) is 3. The molecule has 0 aliphatic carbocycles. The van der Waals surface area contributed by atoms with Crippen molar-refractivity contribution in [3.8, 4) is 5.75 Å². The Bertz CT molecular complexity index is 1180. The molecule has 33 heavy (non-hydrogen) atoms. The minimum atomic E-state index is -3.82. The number of aromatic hydroxyl groups is 1. The molecule has 0 amide bonds. The average Bonchev–Trinajstić information content (AvgIpc) is 3.49. The summed E-state index contributed by atoms with van der Waals surface area (Å²) < 4.78 is 41.2. The summed E-state index contributed by atoms with van der Waals surface area (Å²) in [5.41, 5.74) is 1.56. The molecule has 182 valence electrons. The summed E-state index contributed by atoms with van der Waals surface area (Å²) in [7, 11) is -2.31. The fraction of sp³-hybridized carbons (Fsp3) is 0.524. The lowest BCUT2D eigenvalue weighted by molar-refractivity contribution is 0.291. The van der Waals surface area contributed by atoms with E-state index in [1.807, 2.05) is 6.07 Å². The standard InChI is InChI=1S/C21H31N5O4S3/c1-7-13(2)14-8-15(30-11-14)9-23-19-16(24-32-25-19)10-22-17-12-31-20(18(17)27)33(28,29)26(6)21(3,4)5/h8,11-13,22,27H,7,9-10H2,1-6H3,(H,23,25). The molecule has 3 aromatic rings. The van der Waals surface area contributed by atoms with E-state index in [1.54, 1.807) is 32.4 Å². The third kappa shape index (κ3) is 5.68. The first kappa shape index (κ1) is 25.5. The summed E-state index contributed by atoms with van der Waals surface area (Å²) in [6, 6.07) is 2.04. The van der Waals surface area contributed by atoms with E-state index in [0.717, 1.165) is 35.2 Å². The van der Waals surface area contributed by atoms with Gasteiger partial charge in [-0.2, -0.15) is 13.1 Å². The van der Waals surface area contributed by atoms with Gasteiger partial charge in [0.25, 0.3) is 10.0 Å². The van der Waals surface area contributed by atoms with Gasteiger partial charge in [-0.25, -0.2) is 8.42 Å². The predicted molar refractivity (Wildman–Crippen MR) is 133 cm³/mol. The highest BCUT2D eigenvalue weighted by Crippen LogP contribution is 2.40. The lowest BCUT2D eigenvalue weighted by Crippen LogP contribution is -2.42. The molecule has 0 aliphatic rings. The van der Waals surface area contributed by atoms with Crippen molar-refractivity contribution in [2.24, 2.45) is 0 Å². The highest BCUT2D eigenvalue weighted by atomic mass is 32.2. The van der Waals surface area contributed by atoms with Gasteiger partial charge in [-0.05, 0) is 44.7 Å². The van der Waals surface area contributed by atoms with Crippen LogP contribution in [-0.2, 0) is 23.1 Å². The Morgan fingerprint density at radius 1 is 1.24 bits per heavy atom. The van der Waals surface area contributed by atoms with Crippen LogP contribution in [-0.4, -0.2) is 39.2 Å². The maximum atomic E-state index is 12.9. The zero-order valence-electron chi connectivity index (χ0n) is 19.7. The lowest BCUT2D eigenvalue weighted by Gasteiger charge is -2.30. The Labute approximate surface area is 203 Å². The molecule has 0 aromatic carbocycles. The Kier molecular flexibility index (Phi) is 7.72. The first-order chi connectivity index (χ1) is 15.4. The van der Waals surface area contributed by atoms with E-state index in [9.17, 15) is 13.5 Å². The highest BCUT2D eigenvalue weighted by molar-refractivity contribution is 7.91. The average molecular weight is 514 g/mol. The number of hydrogen-bond acceptors (Lipinski definition) is 10. The molecule has 3 heterocycles. The van der Waals surface area contributed by atoms with Gasteiger partial charge >= 0.3 is 0 Å². The number of anilines is 2. The quantitative estimate of drug-likeness (QED) is 0.344. The van der Waals surface area contributed by atoms with E-state index in [0.29, 0.717) is 29.7 Å². The Hall–Kier alpha value is -2.15. The smallest absolute Gasteiger partial charge is 0.256 e. The van der Waals surface area contributed by atoms with Crippen molar-refractivity contribution in [1.82, 2.24) is 13.1 Å². The summed E-state index contributed by atoms with van der Waals surface area (Å²) in [6.07, 6.45) is 2.83. The van der Waals surface area contributed by atoms with Crippen LogP contribution in [0, 0.1) is 0 Å². The van der Waals surface area contributed by atoms with Crippen molar-refractivity contribution in [3.63, 3.8) is 0 Å². The topological polar surface area (TPSA) is 121 Å². The van der Waals surface area contributed by atoms with Gasteiger partial charge in [0.15, 0.2) is 15.8 Å². The second kappa shape index (κ2) is 10.00. The molecule has 0 aliphatic heterocycles. The molecule has 0 fully saturated rings. The van der Waals surface area contributed by atoms with Crippen LogP contribution < -0.4 is 10.6 Å². The molecular formula is C21H31N5O4S3. The van der Waals surface area contributed by atoms with Gasteiger partial charge in [0.2, 0.25) is 0 Å². The molecular weight excluding hydrogens is 482 g/mol. The first-order valence-electron chi connectivity index (χ1n) is 10.6. The highest BCUT2D eigenvalue weighted by Gasteiger charge is 2.34. The summed E-state index contributed by atoms with van der Waals surface area (Å²) in [5.74, 6) is 1.58. The van der Waals surface area contributed by atoms with Crippen LogP contribution in [0.2, 0.25) is 0 Å². The molecule has 0 radical (unpaired) electrons. The Balaban J connectivity index is 1.65. The normalized spacial score (nSPS) is 13.4. The number of thiophene rings is 1. The summed E-state index contributed by atoms with van der Waals surface area (Å²) in [4.78, 5) is 0. The van der Waals surface area contributed by atoms with Crippen LogP contribution in [0.5, 0.6) is 5.75 Å². The number of nitrogens with one attached hydrogen (secondary N) is 2. The molecule has 0 spiro atoms. The third-order valence-electron chi connectivity index (χ3n) is 5.56. The first-order valence-corrected chi connectivity index (χ1v) is 13.7. The maximum Gasteiger partial charge on any atom is 0.256 e. The Morgan fingerprint density at radius 3 is 2.64 bits per heavy atom. The second-order valence-electron chi connectivity index (χ2n) is 8.85. The largest absolute Gasteiger partial charge is 0.504 e. The van der Waals surface area contributed by atoms with Crippen molar-refractivity contribution < 1.29 is 17.9 Å². The zero-order valence-corrected chi connectivity index (χ0v) is 22.1. The molecule has 0 saturated carbocycles. The molecule has 9 nitrogen and oxygen atoms in total. The SMILES string of the molecule is CCC(C)c1coc(CNc2nsnc2CNc2csc(S(=O)(=O)N(C)C(C)(C)C)c2O)c1. The van der Waals surface area contributed by atoms with E-state index < -0.39 is 15.6 Å². The predicted octanol–water partition coefficient (Wildman–Crippen LogP) is 5.05. The molecule has 1 atom stereocenters. The molecule has 3 N–H and O–H groups in total. The maximum absolute atomic E-state index is 12.9. The minimum absolute atomic E-state index is 0.0906. The van der Waals surface area contributed by atoms with Gasteiger partial charge in [0.1, 0.15) is 11.5 Å². The van der Waals surface area contributed by atoms with Crippen molar-refractivity contribution in [3.05, 3.63) is 34.7 Å². The second-order valence-corrected chi connectivity index (χ2v) is 12.4. The summed E-state index contributed by atoms with van der Waals surface area (Å²) in [5, 5.41) is 18.5. The van der Waals surface area contributed by atoms with E-state index >= 15 is 0 Å². The summed E-state index contributed by atoms with van der Waals surface area (Å²) in [6.45, 7) is 10.4. The van der Waals surface area contributed by atoms with Gasteiger partial charge in [-0.15, -0.1) is 11.3 Å². The molecule has 3 aromatic heterocycles. The van der Waals surface area contributed by atoms with Crippen molar-refractivity contribution in [1.29, 1.82) is 0 Å². The van der Waals surface area contributed by atoms with Gasteiger partial charge in [-0.1, -0.05) is 13.8 Å². The number of furan rings is 1. The van der Waals surface area contributed by atoms with Crippen molar-refractivity contribution >= 4 is 44.6 Å². The van der Waals surface area contributed by atoms with E-state index in [2.05, 4.69) is 33.2 Å². The van der Waals surface area contributed by atoms with Crippen LogP contribution >= 0.6 is 23.1 Å². The lowest BCUT2D eigenvalue weighted by atomic mass is 10.0. The molecule has 3 rings (SSSR count). The molecule has 12 heteroatoms. The monoisotopic (exact) mass is 513 g/mol. The van der Waals surface area contributed by atoms with Crippen molar-refractivity contribution in [2.45, 2.75) is 69.8 Å². The van der Waals surface area contributed by atoms with Crippen LogP contribution in [0.25, 0.3) is 0 Å². The van der Waals surface area contributed by atoms with E-state index in [-0.39, 0.29) is 16.5 Å². The number of rotatable bonds is 10. The molecule has 0 bridgehead atoms. The van der Waals surface area contributed by atoms with E-state index in [1.165, 1.54) is 16.9 Å². The van der Waals surface area contributed by atoms with Gasteiger partial charge in [0, 0.05) is 18.0 Å². The van der Waals surface area contributed by atoms with Crippen molar-refractivity contribution in [2.75, 3.05) is 17.7 Å². The van der Waals surface area contributed by atoms with Gasteiger partial charge in [0.05, 0.1) is 36.8 Å². The third-order valence-corrected chi connectivity index (χ3v) is 9.74. The van der Waals surface area contributed by atoms with Crippen LogP contribution in [0.4, 0.5) is 11.5 Å². The molecule has 1 unspecified atom stereocenters. The Morgan fingerprint density at radius 2 is 1.97 bits per heavy atom. The summed E-state index contributed by atoms with van der Waals surface area (Å²) >= 11 is 2.05. The van der Waals surface area contributed by atoms with Gasteiger partial charge < -0.3 is 20.2 Å².